The second-order valence-corrected chi connectivity index (χ2v) is 8.55. The molecule has 1 heterocycles. The number of imidazole rings is 1. The fraction of sp³-hybridized carbons (Fsp3) is 0.222. The van der Waals surface area contributed by atoms with Crippen LogP contribution in [0.15, 0.2) is 42.5 Å². The maximum atomic E-state index is 12.5. The minimum Gasteiger partial charge on any atom is -0.497 e. The smallest absolute Gasteiger partial charge is 0.255 e. The molecule has 0 spiro atoms. The van der Waals surface area contributed by atoms with E-state index in [1.165, 1.54) is 0 Å². The Balaban J connectivity index is 1.92. The van der Waals surface area contributed by atoms with Crippen LogP contribution in [0, 0.1) is 0 Å². The number of nitrogens with two attached hydrogens (primary N) is 1. The summed E-state index contributed by atoms with van der Waals surface area (Å²) in [5.41, 5.74) is 7.51. The Morgan fingerprint density at radius 1 is 1.19 bits per heavy atom. The number of carbonyl (C=O) groups is 1. The molecule has 27 heavy (non-hydrogen) atoms. The van der Waals surface area contributed by atoms with Crippen LogP contribution in [0.5, 0.6) is 5.75 Å². The van der Waals surface area contributed by atoms with Gasteiger partial charge in [-0.25, -0.2) is 17.4 Å². The van der Waals surface area contributed by atoms with E-state index in [-0.39, 0.29) is 11.9 Å². The van der Waals surface area contributed by atoms with Crippen molar-refractivity contribution in [1.29, 1.82) is 0 Å². The first-order chi connectivity index (χ1) is 12.7. The second kappa shape index (κ2) is 6.92. The van der Waals surface area contributed by atoms with Crippen LogP contribution in [-0.4, -0.2) is 35.6 Å². The normalized spacial score (nSPS) is 11.7. The molecule has 1 amide bonds. The third kappa shape index (κ3) is 3.45. The molecule has 0 radical (unpaired) electrons. The molecule has 9 heteroatoms. The SMILES string of the molecule is COc1ccc(C(=O)Nc2ccc3c(c2)nc(N)n3S(=O)(=O)C(C)C)cc1. The first-order valence-electron chi connectivity index (χ1n) is 8.22. The lowest BCUT2D eigenvalue weighted by Gasteiger charge is -2.11. The van der Waals surface area contributed by atoms with Crippen LogP contribution in [0.2, 0.25) is 0 Å². The number of fused-ring (bicyclic) bond motifs is 1. The molecule has 0 saturated carbocycles. The molecular formula is C18H20N4O4S. The molecule has 0 unspecified atom stereocenters. The van der Waals surface area contributed by atoms with E-state index >= 15 is 0 Å². The van der Waals surface area contributed by atoms with Gasteiger partial charge in [-0.05, 0) is 56.3 Å². The van der Waals surface area contributed by atoms with Crippen molar-refractivity contribution in [3.8, 4) is 5.75 Å². The number of hydrogen-bond acceptors (Lipinski definition) is 6. The Labute approximate surface area is 157 Å². The Morgan fingerprint density at radius 2 is 1.85 bits per heavy atom. The summed E-state index contributed by atoms with van der Waals surface area (Å²) in [5, 5.41) is 2.11. The highest BCUT2D eigenvalue weighted by atomic mass is 32.2. The van der Waals surface area contributed by atoms with Crippen LogP contribution in [0.3, 0.4) is 0 Å². The number of methoxy groups -OCH3 is 1. The van der Waals surface area contributed by atoms with Gasteiger partial charge in [0, 0.05) is 11.3 Å². The Morgan fingerprint density at radius 3 is 2.44 bits per heavy atom. The first kappa shape index (κ1) is 18.7. The fourth-order valence-corrected chi connectivity index (χ4v) is 3.73. The molecule has 2 aromatic carbocycles. The van der Waals surface area contributed by atoms with Gasteiger partial charge in [-0.2, -0.15) is 0 Å². The van der Waals surface area contributed by atoms with Crippen molar-refractivity contribution < 1.29 is 17.9 Å². The minimum atomic E-state index is -3.65. The van der Waals surface area contributed by atoms with E-state index in [1.54, 1.807) is 63.4 Å². The number of nitrogens with one attached hydrogen (secondary N) is 1. The summed E-state index contributed by atoms with van der Waals surface area (Å²) >= 11 is 0. The molecule has 0 bridgehead atoms. The van der Waals surface area contributed by atoms with Crippen molar-refractivity contribution in [2.24, 2.45) is 0 Å². The van der Waals surface area contributed by atoms with Crippen molar-refractivity contribution in [3.05, 3.63) is 48.0 Å². The highest BCUT2D eigenvalue weighted by Crippen LogP contribution is 2.25. The van der Waals surface area contributed by atoms with E-state index in [4.69, 9.17) is 10.5 Å². The highest BCUT2D eigenvalue weighted by molar-refractivity contribution is 7.90. The number of nitrogen functional groups attached to an aromatic ring is 1. The van der Waals surface area contributed by atoms with Gasteiger partial charge in [0.1, 0.15) is 5.75 Å². The summed E-state index contributed by atoms with van der Waals surface area (Å²) in [7, 11) is -2.10. The molecule has 3 rings (SSSR count). The summed E-state index contributed by atoms with van der Waals surface area (Å²) in [6.07, 6.45) is 0. The van der Waals surface area contributed by atoms with Crippen molar-refractivity contribution >= 4 is 38.6 Å². The number of rotatable bonds is 5. The van der Waals surface area contributed by atoms with E-state index in [0.29, 0.717) is 28.0 Å². The summed E-state index contributed by atoms with van der Waals surface area (Å²) in [6.45, 7) is 3.15. The third-order valence-electron chi connectivity index (χ3n) is 4.10. The van der Waals surface area contributed by atoms with Crippen LogP contribution in [0.1, 0.15) is 24.2 Å². The maximum Gasteiger partial charge on any atom is 0.255 e. The summed E-state index contributed by atoms with van der Waals surface area (Å²) in [4.78, 5) is 16.5. The molecular weight excluding hydrogens is 368 g/mol. The molecule has 0 saturated heterocycles. The van der Waals surface area contributed by atoms with Crippen molar-refractivity contribution in [1.82, 2.24) is 8.96 Å². The summed E-state index contributed by atoms with van der Waals surface area (Å²) < 4.78 is 31.1. The van der Waals surface area contributed by atoms with Crippen LogP contribution >= 0.6 is 0 Å². The van der Waals surface area contributed by atoms with Gasteiger partial charge < -0.3 is 15.8 Å². The van der Waals surface area contributed by atoms with Crippen molar-refractivity contribution in [2.45, 2.75) is 19.1 Å². The fourth-order valence-electron chi connectivity index (χ4n) is 2.58. The number of ether oxygens (including phenoxy) is 1. The predicted molar refractivity (Wildman–Crippen MR) is 105 cm³/mol. The van der Waals surface area contributed by atoms with Crippen LogP contribution in [-0.2, 0) is 10.0 Å². The average Bonchev–Trinajstić information content (AvgIpc) is 2.97. The molecule has 0 aliphatic carbocycles. The number of carbonyl (C=O) groups excluding carboxylic acids is 1. The number of anilines is 2. The van der Waals surface area contributed by atoms with Gasteiger partial charge in [0.15, 0.2) is 0 Å². The van der Waals surface area contributed by atoms with Gasteiger partial charge in [0.2, 0.25) is 16.0 Å². The first-order valence-corrected chi connectivity index (χ1v) is 9.72. The second-order valence-electron chi connectivity index (χ2n) is 6.21. The molecule has 3 N–H and O–H groups in total. The highest BCUT2D eigenvalue weighted by Gasteiger charge is 2.24. The lowest BCUT2D eigenvalue weighted by Crippen LogP contribution is -2.23. The zero-order chi connectivity index (χ0) is 19.8. The molecule has 0 aliphatic heterocycles. The molecule has 1 aromatic heterocycles. The van der Waals surface area contributed by atoms with E-state index < -0.39 is 15.3 Å². The van der Waals surface area contributed by atoms with Gasteiger partial charge in [0.05, 0.1) is 23.4 Å². The molecule has 0 fully saturated rings. The van der Waals surface area contributed by atoms with Gasteiger partial charge in [-0.1, -0.05) is 0 Å². The number of benzene rings is 2. The topological polar surface area (TPSA) is 116 Å². The van der Waals surface area contributed by atoms with Crippen molar-refractivity contribution in [2.75, 3.05) is 18.2 Å². The zero-order valence-corrected chi connectivity index (χ0v) is 15.9. The van der Waals surface area contributed by atoms with Gasteiger partial charge in [-0.3, -0.25) is 4.79 Å². The molecule has 3 aromatic rings. The van der Waals surface area contributed by atoms with Gasteiger partial charge >= 0.3 is 0 Å². The minimum absolute atomic E-state index is 0.114. The Hall–Kier alpha value is -3.07. The monoisotopic (exact) mass is 388 g/mol. The van der Waals surface area contributed by atoms with Crippen LogP contribution in [0.25, 0.3) is 11.0 Å². The summed E-state index contributed by atoms with van der Waals surface area (Å²) in [5.74, 6) is 0.233. The molecule has 142 valence electrons. The Bertz CT molecular complexity index is 1100. The van der Waals surface area contributed by atoms with Gasteiger partial charge in [-0.15, -0.1) is 0 Å². The summed E-state index contributed by atoms with van der Waals surface area (Å²) in [6, 6.07) is 11.4. The maximum absolute atomic E-state index is 12.5. The van der Waals surface area contributed by atoms with Crippen LogP contribution < -0.4 is 15.8 Å². The lowest BCUT2D eigenvalue weighted by atomic mass is 10.2. The number of nitrogens with zero attached hydrogens (tertiary/aromatic N) is 2. The average molecular weight is 388 g/mol. The standard InChI is InChI=1S/C18H20N4O4S/c1-11(2)27(24,25)22-16-9-6-13(10-15(16)21-18(22)19)20-17(23)12-4-7-14(26-3)8-5-12/h4-11H,1-3H3,(H2,19,21)(H,20,23). The molecule has 0 atom stereocenters. The van der Waals surface area contributed by atoms with Crippen LogP contribution in [0.4, 0.5) is 11.6 Å². The third-order valence-corrected chi connectivity index (χ3v) is 6.18. The largest absolute Gasteiger partial charge is 0.497 e. The van der Waals surface area contributed by atoms with E-state index in [0.717, 1.165) is 3.97 Å². The molecule has 0 aliphatic rings. The molecule has 8 nitrogen and oxygen atoms in total. The number of amides is 1. The van der Waals surface area contributed by atoms with E-state index in [9.17, 15) is 13.2 Å². The van der Waals surface area contributed by atoms with Crippen molar-refractivity contribution in [3.63, 3.8) is 0 Å². The number of aromatic nitrogens is 2. The zero-order valence-electron chi connectivity index (χ0n) is 15.1. The van der Waals surface area contributed by atoms with Gasteiger partial charge in [0.25, 0.3) is 5.91 Å². The quantitative estimate of drug-likeness (QED) is 0.693. The number of hydrogen-bond donors (Lipinski definition) is 2. The van der Waals surface area contributed by atoms with E-state index in [1.807, 2.05) is 0 Å². The van der Waals surface area contributed by atoms with E-state index in [2.05, 4.69) is 10.3 Å². The predicted octanol–water partition coefficient (Wildman–Crippen LogP) is 2.47. The Kier molecular flexibility index (Phi) is 4.79. The lowest BCUT2D eigenvalue weighted by molar-refractivity contribution is 0.102.